The summed E-state index contributed by atoms with van der Waals surface area (Å²) in [4.78, 5) is 32.5. The molecule has 0 radical (unpaired) electrons. The summed E-state index contributed by atoms with van der Waals surface area (Å²) < 4.78 is 5.11. The second-order valence-corrected chi connectivity index (χ2v) is 6.35. The molecule has 0 aliphatic carbocycles. The summed E-state index contributed by atoms with van der Waals surface area (Å²) in [5.41, 5.74) is 1.41. The number of anilines is 1. The fourth-order valence-corrected chi connectivity index (χ4v) is 2.67. The van der Waals surface area contributed by atoms with Crippen molar-refractivity contribution in [3.05, 3.63) is 83.5 Å². The number of rotatable bonds is 6. The van der Waals surface area contributed by atoms with Gasteiger partial charge in [-0.2, -0.15) is 0 Å². The third-order valence-electron chi connectivity index (χ3n) is 3.94. The number of halogens is 1. The minimum Gasteiger partial charge on any atom is -0.459 e. The quantitative estimate of drug-likeness (QED) is 0.651. The van der Waals surface area contributed by atoms with Gasteiger partial charge in [-0.1, -0.05) is 17.7 Å². The molecular formula is C20H18ClN3O3. The van der Waals surface area contributed by atoms with Gasteiger partial charge in [0.25, 0.3) is 5.91 Å². The molecule has 3 aromatic rings. The fraction of sp³-hybridized carbons (Fsp3) is 0.150. The van der Waals surface area contributed by atoms with E-state index in [1.165, 1.54) is 11.2 Å². The van der Waals surface area contributed by atoms with Crippen molar-refractivity contribution in [2.45, 2.75) is 6.54 Å². The first kappa shape index (κ1) is 18.7. The van der Waals surface area contributed by atoms with Gasteiger partial charge in [-0.15, -0.1) is 0 Å². The van der Waals surface area contributed by atoms with Gasteiger partial charge < -0.3 is 14.2 Å². The zero-order chi connectivity index (χ0) is 19.2. The molecule has 0 aliphatic heterocycles. The van der Waals surface area contributed by atoms with Crippen molar-refractivity contribution in [2.75, 3.05) is 18.5 Å². The molecule has 2 heterocycles. The van der Waals surface area contributed by atoms with Crippen LogP contribution in [-0.2, 0) is 11.3 Å². The van der Waals surface area contributed by atoms with Crippen molar-refractivity contribution in [3.63, 3.8) is 0 Å². The van der Waals surface area contributed by atoms with Gasteiger partial charge in [0.15, 0.2) is 5.76 Å². The van der Waals surface area contributed by atoms with Crippen molar-refractivity contribution in [1.82, 2.24) is 9.88 Å². The molecule has 0 atom stereocenters. The number of pyridine rings is 1. The molecule has 2 aromatic heterocycles. The molecule has 0 unspecified atom stereocenters. The molecule has 138 valence electrons. The third-order valence-corrected chi connectivity index (χ3v) is 4.19. The van der Waals surface area contributed by atoms with Crippen LogP contribution in [0.3, 0.4) is 0 Å². The monoisotopic (exact) mass is 383 g/mol. The molecule has 0 fully saturated rings. The first-order chi connectivity index (χ1) is 13.0. The molecule has 1 aromatic carbocycles. The Hall–Kier alpha value is -3.12. The van der Waals surface area contributed by atoms with Gasteiger partial charge >= 0.3 is 0 Å². The van der Waals surface area contributed by atoms with Crippen LogP contribution in [0.4, 0.5) is 5.69 Å². The van der Waals surface area contributed by atoms with Crippen LogP contribution in [0.1, 0.15) is 16.2 Å². The highest BCUT2D eigenvalue weighted by molar-refractivity contribution is 6.30. The molecule has 0 aliphatic rings. The predicted molar refractivity (Wildman–Crippen MR) is 103 cm³/mol. The third kappa shape index (κ3) is 4.74. The summed E-state index contributed by atoms with van der Waals surface area (Å²) in [7, 11) is 1.56. The number of hydrogen-bond donors (Lipinski definition) is 0. The normalized spacial score (nSPS) is 10.4. The van der Waals surface area contributed by atoms with E-state index in [4.69, 9.17) is 16.0 Å². The summed E-state index contributed by atoms with van der Waals surface area (Å²) in [6.07, 6.45) is 3.09. The van der Waals surface area contributed by atoms with Crippen molar-refractivity contribution < 1.29 is 14.0 Å². The Balaban J connectivity index is 1.79. The van der Waals surface area contributed by atoms with Crippen molar-refractivity contribution in [1.29, 1.82) is 0 Å². The standard InChI is InChI=1S/C20H18ClN3O3/c1-23(20(26)18-6-4-12-27-18)14-19(25)24(13-16-5-2-3-11-22-16)17-9-7-15(21)8-10-17/h2-12H,13-14H2,1H3. The second-order valence-electron chi connectivity index (χ2n) is 5.92. The molecule has 3 rings (SSSR count). The van der Waals surface area contributed by atoms with E-state index >= 15 is 0 Å². The Morgan fingerprint density at radius 1 is 1.07 bits per heavy atom. The summed E-state index contributed by atoms with van der Waals surface area (Å²) >= 11 is 5.96. The van der Waals surface area contributed by atoms with Crippen molar-refractivity contribution in [2.24, 2.45) is 0 Å². The first-order valence-electron chi connectivity index (χ1n) is 8.29. The number of furan rings is 1. The van der Waals surface area contributed by atoms with E-state index in [9.17, 15) is 9.59 Å². The lowest BCUT2D eigenvalue weighted by Gasteiger charge is -2.25. The van der Waals surface area contributed by atoms with Gasteiger partial charge in [0.1, 0.15) is 6.54 Å². The van der Waals surface area contributed by atoms with Crippen LogP contribution < -0.4 is 4.90 Å². The van der Waals surface area contributed by atoms with E-state index in [1.807, 2.05) is 18.2 Å². The lowest BCUT2D eigenvalue weighted by Crippen LogP contribution is -2.41. The summed E-state index contributed by atoms with van der Waals surface area (Å²) in [6.45, 7) is 0.180. The Labute approximate surface area is 162 Å². The average Bonchev–Trinajstić information content (AvgIpc) is 3.22. The Bertz CT molecular complexity index is 896. The average molecular weight is 384 g/mol. The molecule has 0 saturated carbocycles. The Kier molecular flexibility index (Phi) is 5.88. The highest BCUT2D eigenvalue weighted by Crippen LogP contribution is 2.20. The number of hydrogen-bond acceptors (Lipinski definition) is 4. The smallest absolute Gasteiger partial charge is 0.289 e. The highest BCUT2D eigenvalue weighted by Gasteiger charge is 2.22. The maximum atomic E-state index is 13.0. The number of benzene rings is 1. The molecule has 0 N–H and O–H groups in total. The van der Waals surface area contributed by atoms with Gasteiger partial charge in [0.05, 0.1) is 18.5 Å². The SMILES string of the molecule is CN(CC(=O)N(Cc1ccccn1)c1ccc(Cl)cc1)C(=O)c1ccco1. The lowest BCUT2D eigenvalue weighted by molar-refractivity contribution is -0.119. The molecular weight excluding hydrogens is 366 g/mol. The summed E-state index contributed by atoms with van der Waals surface area (Å²) in [5.74, 6) is -0.416. The van der Waals surface area contributed by atoms with E-state index in [1.54, 1.807) is 54.5 Å². The van der Waals surface area contributed by atoms with E-state index in [-0.39, 0.29) is 30.7 Å². The minimum absolute atomic E-state index is 0.102. The van der Waals surface area contributed by atoms with Crippen LogP contribution in [0, 0.1) is 0 Å². The van der Waals surface area contributed by atoms with Crippen LogP contribution in [0.25, 0.3) is 0 Å². The topological polar surface area (TPSA) is 66.7 Å². The van der Waals surface area contributed by atoms with Crippen LogP contribution in [0.5, 0.6) is 0 Å². The molecule has 6 nitrogen and oxygen atoms in total. The van der Waals surface area contributed by atoms with Crippen LogP contribution in [0.15, 0.2) is 71.5 Å². The molecule has 0 bridgehead atoms. The Morgan fingerprint density at radius 3 is 2.48 bits per heavy atom. The number of carbonyl (C=O) groups excluding carboxylic acids is 2. The molecule has 27 heavy (non-hydrogen) atoms. The number of likely N-dealkylation sites (N-methyl/N-ethyl adjacent to an activating group) is 1. The predicted octanol–water partition coefficient (Wildman–Crippen LogP) is 3.63. The van der Waals surface area contributed by atoms with Crippen LogP contribution in [0.2, 0.25) is 5.02 Å². The Morgan fingerprint density at radius 2 is 1.85 bits per heavy atom. The first-order valence-corrected chi connectivity index (χ1v) is 8.67. The second kappa shape index (κ2) is 8.51. The minimum atomic E-state index is -0.359. The van der Waals surface area contributed by atoms with Gasteiger partial charge in [-0.05, 0) is 48.5 Å². The largest absolute Gasteiger partial charge is 0.459 e. The zero-order valence-corrected chi connectivity index (χ0v) is 15.5. The fourth-order valence-electron chi connectivity index (χ4n) is 2.55. The number of aromatic nitrogens is 1. The highest BCUT2D eigenvalue weighted by atomic mass is 35.5. The molecule has 0 spiro atoms. The number of nitrogens with zero attached hydrogens (tertiary/aromatic N) is 3. The van der Waals surface area contributed by atoms with E-state index in [2.05, 4.69) is 4.98 Å². The van der Waals surface area contributed by atoms with E-state index < -0.39 is 0 Å². The van der Waals surface area contributed by atoms with E-state index in [0.29, 0.717) is 10.7 Å². The summed E-state index contributed by atoms with van der Waals surface area (Å²) in [5, 5.41) is 0.578. The van der Waals surface area contributed by atoms with Crippen molar-refractivity contribution >= 4 is 29.1 Å². The number of amides is 2. The van der Waals surface area contributed by atoms with Gasteiger partial charge in [-0.25, -0.2) is 0 Å². The summed E-state index contributed by atoms with van der Waals surface area (Å²) in [6, 6.07) is 15.7. The molecule has 2 amide bonds. The maximum Gasteiger partial charge on any atom is 0.289 e. The van der Waals surface area contributed by atoms with Crippen LogP contribution in [-0.4, -0.2) is 35.3 Å². The maximum absolute atomic E-state index is 13.0. The molecule has 0 saturated heterocycles. The van der Waals surface area contributed by atoms with Gasteiger partial charge in [-0.3, -0.25) is 14.6 Å². The van der Waals surface area contributed by atoms with Crippen LogP contribution >= 0.6 is 11.6 Å². The molecule has 7 heteroatoms. The van der Waals surface area contributed by atoms with Crippen molar-refractivity contribution in [3.8, 4) is 0 Å². The van der Waals surface area contributed by atoms with E-state index in [0.717, 1.165) is 5.69 Å². The van der Waals surface area contributed by atoms with Gasteiger partial charge in [0, 0.05) is 24.0 Å². The zero-order valence-electron chi connectivity index (χ0n) is 14.7. The van der Waals surface area contributed by atoms with Gasteiger partial charge in [0.2, 0.25) is 5.91 Å². The number of carbonyl (C=O) groups is 2. The lowest BCUT2D eigenvalue weighted by atomic mass is 10.2.